The number of carbonyl (C=O) groups is 2. The van der Waals surface area contributed by atoms with E-state index in [0.29, 0.717) is 17.6 Å². The molecule has 2 rings (SSSR count). The van der Waals surface area contributed by atoms with Crippen molar-refractivity contribution >= 4 is 11.9 Å². The number of piperidine rings is 1. The summed E-state index contributed by atoms with van der Waals surface area (Å²) in [6.07, 6.45) is 5.55. The molecule has 0 aromatic heterocycles. The minimum Gasteiger partial charge on any atom is -0.444 e. The number of Topliss-reactive ketones (excluding diaryl/α,β-unsaturated/α-hetero) is 1. The second-order valence-electron chi connectivity index (χ2n) is 7.18. The fourth-order valence-corrected chi connectivity index (χ4v) is 3.31. The van der Waals surface area contributed by atoms with Gasteiger partial charge in [0.25, 0.3) is 0 Å². The summed E-state index contributed by atoms with van der Waals surface area (Å²) in [5.74, 6) is 1.79. The van der Waals surface area contributed by atoms with Crippen molar-refractivity contribution in [2.75, 3.05) is 13.1 Å². The van der Waals surface area contributed by atoms with E-state index in [0.717, 1.165) is 51.6 Å². The number of hydrogen-bond donors (Lipinski definition) is 0. The number of amides is 1. The molecule has 0 aromatic carbocycles. The molecule has 0 radical (unpaired) electrons. The van der Waals surface area contributed by atoms with Gasteiger partial charge in [-0.25, -0.2) is 4.79 Å². The van der Waals surface area contributed by atoms with Gasteiger partial charge < -0.3 is 9.64 Å². The molecule has 0 aromatic rings. The van der Waals surface area contributed by atoms with Crippen LogP contribution in [0.5, 0.6) is 0 Å². The van der Waals surface area contributed by atoms with Gasteiger partial charge in [0.05, 0.1) is 0 Å². The lowest BCUT2D eigenvalue weighted by molar-refractivity contribution is -0.121. The van der Waals surface area contributed by atoms with E-state index in [1.54, 1.807) is 0 Å². The topological polar surface area (TPSA) is 46.6 Å². The predicted molar refractivity (Wildman–Crippen MR) is 77.5 cm³/mol. The average Bonchev–Trinajstić information content (AvgIpc) is 2.38. The Morgan fingerprint density at radius 1 is 1.05 bits per heavy atom. The quantitative estimate of drug-likeness (QED) is 0.740. The minimum atomic E-state index is -0.419. The Labute approximate surface area is 121 Å². The highest BCUT2D eigenvalue weighted by Crippen LogP contribution is 2.34. The summed E-state index contributed by atoms with van der Waals surface area (Å²) < 4.78 is 5.41. The van der Waals surface area contributed by atoms with E-state index in [1.165, 1.54) is 0 Å². The Morgan fingerprint density at radius 2 is 1.55 bits per heavy atom. The van der Waals surface area contributed by atoms with Crippen molar-refractivity contribution in [2.24, 2.45) is 11.8 Å². The maximum absolute atomic E-state index is 12.0. The summed E-state index contributed by atoms with van der Waals surface area (Å²) in [6, 6.07) is 0. The molecule has 0 atom stereocenters. The van der Waals surface area contributed by atoms with E-state index in [2.05, 4.69) is 0 Å². The van der Waals surface area contributed by atoms with Crippen LogP contribution in [0.25, 0.3) is 0 Å². The Balaban J connectivity index is 1.77. The zero-order valence-electron chi connectivity index (χ0n) is 13.0. The standard InChI is InChI=1S/C16H27NO3/c1-16(2,3)20-15(19)17-10-8-13(9-11-17)12-4-6-14(18)7-5-12/h12-13H,4-11H2,1-3H3. The molecule has 0 bridgehead atoms. The Bertz CT molecular complexity index is 354. The third-order valence-electron chi connectivity index (χ3n) is 4.45. The van der Waals surface area contributed by atoms with Crippen molar-refractivity contribution in [1.82, 2.24) is 4.90 Å². The second-order valence-corrected chi connectivity index (χ2v) is 7.18. The molecule has 4 heteroatoms. The summed E-state index contributed by atoms with van der Waals surface area (Å²) in [4.78, 5) is 25.1. The number of nitrogens with zero attached hydrogens (tertiary/aromatic N) is 1. The molecule has 114 valence electrons. The third kappa shape index (κ3) is 4.22. The lowest BCUT2D eigenvalue weighted by Gasteiger charge is -2.37. The number of ketones is 1. The first-order valence-corrected chi connectivity index (χ1v) is 7.85. The van der Waals surface area contributed by atoms with Crippen molar-refractivity contribution in [2.45, 2.75) is 64.9 Å². The van der Waals surface area contributed by atoms with Gasteiger partial charge in [0.15, 0.2) is 0 Å². The van der Waals surface area contributed by atoms with Crippen LogP contribution in [0.1, 0.15) is 59.3 Å². The lowest BCUT2D eigenvalue weighted by atomic mass is 9.75. The Morgan fingerprint density at radius 3 is 2.05 bits per heavy atom. The predicted octanol–water partition coefficient (Wildman–Crippen LogP) is 3.39. The van der Waals surface area contributed by atoms with E-state index >= 15 is 0 Å². The fraction of sp³-hybridized carbons (Fsp3) is 0.875. The zero-order chi connectivity index (χ0) is 14.8. The molecule has 4 nitrogen and oxygen atoms in total. The van der Waals surface area contributed by atoms with Crippen molar-refractivity contribution in [1.29, 1.82) is 0 Å². The van der Waals surface area contributed by atoms with Crippen LogP contribution in [0.3, 0.4) is 0 Å². The second kappa shape index (κ2) is 6.15. The highest BCUT2D eigenvalue weighted by molar-refractivity contribution is 5.79. The van der Waals surface area contributed by atoms with E-state index < -0.39 is 5.60 Å². The van der Waals surface area contributed by atoms with Crippen LogP contribution < -0.4 is 0 Å². The van der Waals surface area contributed by atoms with Gasteiger partial charge in [-0.2, -0.15) is 0 Å². The Kier molecular flexibility index (Phi) is 4.71. The smallest absolute Gasteiger partial charge is 0.410 e. The molecular formula is C16H27NO3. The van der Waals surface area contributed by atoms with Gasteiger partial charge in [-0.05, 0) is 58.3 Å². The van der Waals surface area contributed by atoms with Crippen molar-refractivity contribution < 1.29 is 14.3 Å². The molecule has 1 heterocycles. The van der Waals surface area contributed by atoms with Gasteiger partial charge in [0, 0.05) is 25.9 Å². The summed E-state index contributed by atoms with van der Waals surface area (Å²) in [5, 5.41) is 0. The molecule has 1 aliphatic heterocycles. The van der Waals surface area contributed by atoms with Crippen molar-refractivity contribution in [3.63, 3.8) is 0 Å². The summed E-state index contributed by atoms with van der Waals surface area (Å²) >= 11 is 0. The number of ether oxygens (including phenoxy) is 1. The molecule has 0 unspecified atom stereocenters. The van der Waals surface area contributed by atoms with Gasteiger partial charge in [-0.15, -0.1) is 0 Å². The van der Waals surface area contributed by atoms with Crippen LogP contribution in [-0.4, -0.2) is 35.5 Å². The van der Waals surface area contributed by atoms with Crippen LogP contribution in [0.15, 0.2) is 0 Å². The average molecular weight is 281 g/mol. The molecule has 2 fully saturated rings. The van der Waals surface area contributed by atoms with Crippen LogP contribution in [0, 0.1) is 11.8 Å². The van der Waals surface area contributed by atoms with E-state index in [-0.39, 0.29) is 6.09 Å². The molecule has 1 saturated heterocycles. The van der Waals surface area contributed by atoms with Gasteiger partial charge in [-0.3, -0.25) is 4.79 Å². The normalized spacial score (nSPS) is 22.9. The third-order valence-corrected chi connectivity index (χ3v) is 4.45. The minimum absolute atomic E-state index is 0.185. The van der Waals surface area contributed by atoms with E-state index in [9.17, 15) is 9.59 Å². The van der Waals surface area contributed by atoms with Gasteiger partial charge >= 0.3 is 6.09 Å². The van der Waals surface area contributed by atoms with E-state index in [4.69, 9.17) is 4.74 Å². The maximum atomic E-state index is 12.0. The maximum Gasteiger partial charge on any atom is 0.410 e. The molecule has 2 aliphatic rings. The van der Waals surface area contributed by atoms with Crippen molar-refractivity contribution in [3.8, 4) is 0 Å². The molecule has 1 amide bonds. The summed E-state index contributed by atoms with van der Waals surface area (Å²) in [7, 11) is 0. The van der Waals surface area contributed by atoms with E-state index in [1.807, 2.05) is 25.7 Å². The fourth-order valence-electron chi connectivity index (χ4n) is 3.31. The van der Waals surface area contributed by atoms with Crippen LogP contribution in [0.4, 0.5) is 4.79 Å². The van der Waals surface area contributed by atoms with Gasteiger partial charge in [0.2, 0.25) is 0 Å². The highest BCUT2D eigenvalue weighted by atomic mass is 16.6. The Hall–Kier alpha value is -1.06. The number of likely N-dealkylation sites (tertiary alicyclic amines) is 1. The van der Waals surface area contributed by atoms with Crippen molar-refractivity contribution in [3.05, 3.63) is 0 Å². The van der Waals surface area contributed by atoms with Crippen LogP contribution in [-0.2, 0) is 9.53 Å². The molecule has 1 saturated carbocycles. The summed E-state index contributed by atoms with van der Waals surface area (Å²) in [6.45, 7) is 7.29. The number of rotatable bonds is 1. The van der Waals surface area contributed by atoms with Crippen LogP contribution in [0.2, 0.25) is 0 Å². The first-order valence-electron chi connectivity index (χ1n) is 7.85. The SMILES string of the molecule is CC(C)(C)OC(=O)N1CCC(C2CCC(=O)CC2)CC1. The monoisotopic (exact) mass is 281 g/mol. The first kappa shape index (κ1) is 15.3. The molecule has 20 heavy (non-hydrogen) atoms. The molecule has 0 spiro atoms. The lowest BCUT2D eigenvalue weighted by Crippen LogP contribution is -2.43. The first-order chi connectivity index (χ1) is 9.35. The highest BCUT2D eigenvalue weighted by Gasteiger charge is 2.32. The largest absolute Gasteiger partial charge is 0.444 e. The number of hydrogen-bond acceptors (Lipinski definition) is 3. The zero-order valence-corrected chi connectivity index (χ0v) is 13.0. The molecule has 1 aliphatic carbocycles. The molecular weight excluding hydrogens is 254 g/mol. The van der Waals surface area contributed by atoms with Gasteiger partial charge in [0.1, 0.15) is 11.4 Å². The summed E-state index contributed by atoms with van der Waals surface area (Å²) in [5.41, 5.74) is -0.419. The van der Waals surface area contributed by atoms with Crippen LogP contribution >= 0.6 is 0 Å². The molecule has 0 N–H and O–H groups in total. The number of carbonyl (C=O) groups excluding carboxylic acids is 2. The van der Waals surface area contributed by atoms with Gasteiger partial charge in [-0.1, -0.05) is 0 Å².